The summed E-state index contributed by atoms with van der Waals surface area (Å²) in [6.07, 6.45) is -0.0658. The quantitative estimate of drug-likeness (QED) is 0.657. The highest BCUT2D eigenvalue weighted by atomic mass is 16.7. The van der Waals surface area contributed by atoms with E-state index in [1.54, 1.807) is 6.92 Å². The lowest BCUT2D eigenvalue weighted by Crippen LogP contribution is -2.27. The first-order valence-corrected chi connectivity index (χ1v) is 3.94. The van der Waals surface area contributed by atoms with Gasteiger partial charge in [-0.1, -0.05) is 0 Å². The molecule has 0 spiro atoms. The highest BCUT2D eigenvalue weighted by Gasteiger charge is 2.10. The summed E-state index contributed by atoms with van der Waals surface area (Å²) >= 11 is 0. The summed E-state index contributed by atoms with van der Waals surface area (Å²) in [6.45, 7) is 5.33. The van der Waals surface area contributed by atoms with E-state index in [9.17, 15) is 4.79 Å². The molecule has 0 aliphatic carbocycles. The number of carbonyl (C=O) groups is 1. The molecule has 0 saturated heterocycles. The predicted octanol–water partition coefficient (Wildman–Crippen LogP) is 0.183. The third-order valence-corrected chi connectivity index (χ3v) is 1.19. The lowest BCUT2D eigenvalue weighted by atomic mass is 10.5. The first-order chi connectivity index (χ1) is 6.09. The normalized spacial score (nSPS) is 10.5. The van der Waals surface area contributed by atoms with Gasteiger partial charge in [0.1, 0.15) is 5.82 Å². The van der Waals surface area contributed by atoms with Crippen LogP contribution in [0.2, 0.25) is 0 Å². The molecule has 1 heterocycles. The van der Waals surface area contributed by atoms with Crippen molar-refractivity contribution in [3.8, 4) is 0 Å². The van der Waals surface area contributed by atoms with Crippen LogP contribution in [0.3, 0.4) is 0 Å². The van der Waals surface area contributed by atoms with Crippen LogP contribution in [0.5, 0.6) is 0 Å². The first kappa shape index (κ1) is 9.66. The van der Waals surface area contributed by atoms with Crippen LogP contribution in [0.1, 0.15) is 30.3 Å². The average Bonchev–Trinajstić information content (AvgIpc) is 2.47. The van der Waals surface area contributed by atoms with Crippen molar-refractivity contribution < 1.29 is 9.63 Å². The molecule has 2 N–H and O–H groups in total. The van der Waals surface area contributed by atoms with Gasteiger partial charge in [-0.15, -0.1) is 5.10 Å². The van der Waals surface area contributed by atoms with Crippen LogP contribution >= 0.6 is 0 Å². The third kappa shape index (κ3) is 2.83. The fourth-order valence-corrected chi connectivity index (χ4v) is 0.661. The molecule has 0 aliphatic heterocycles. The summed E-state index contributed by atoms with van der Waals surface area (Å²) in [6, 6.07) is 0. The fraction of sp³-hybridized carbons (Fsp3) is 0.571. The second-order valence-corrected chi connectivity index (χ2v) is 2.84. The molecule has 0 radical (unpaired) electrons. The molecule has 0 bridgehead atoms. The molecule has 1 amide bonds. The maximum atomic E-state index is 11.2. The summed E-state index contributed by atoms with van der Waals surface area (Å²) in [5.41, 5.74) is 2.23. The summed E-state index contributed by atoms with van der Waals surface area (Å²) in [7, 11) is 0. The fourth-order valence-electron chi connectivity index (χ4n) is 0.661. The van der Waals surface area contributed by atoms with Crippen molar-refractivity contribution in [3.63, 3.8) is 0 Å². The lowest BCUT2D eigenvalue weighted by molar-refractivity contribution is -0.000466. The Morgan fingerprint density at radius 3 is 2.77 bits per heavy atom. The van der Waals surface area contributed by atoms with E-state index in [0.717, 1.165) is 0 Å². The van der Waals surface area contributed by atoms with E-state index in [1.807, 2.05) is 13.8 Å². The van der Waals surface area contributed by atoms with Crippen molar-refractivity contribution in [2.24, 2.45) is 0 Å². The minimum absolute atomic E-state index is 0.0658. The molecule has 6 heteroatoms. The molecule has 72 valence electrons. The zero-order valence-corrected chi connectivity index (χ0v) is 7.79. The molecule has 0 atom stereocenters. The number of amides is 1. The first-order valence-electron chi connectivity index (χ1n) is 3.94. The second-order valence-electron chi connectivity index (χ2n) is 2.84. The summed E-state index contributed by atoms with van der Waals surface area (Å²) < 4.78 is 0. The van der Waals surface area contributed by atoms with Gasteiger partial charge in [0, 0.05) is 0 Å². The van der Waals surface area contributed by atoms with Crippen molar-refractivity contribution in [2.45, 2.75) is 26.9 Å². The number of rotatable bonds is 3. The number of nitrogens with zero attached hydrogens (tertiary/aromatic N) is 2. The van der Waals surface area contributed by atoms with Gasteiger partial charge >= 0.3 is 5.91 Å². The number of nitrogens with one attached hydrogen (secondary N) is 2. The predicted molar refractivity (Wildman–Crippen MR) is 44.8 cm³/mol. The zero-order valence-electron chi connectivity index (χ0n) is 7.79. The molecule has 0 saturated carbocycles. The van der Waals surface area contributed by atoms with Gasteiger partial charge in [-0.2, -0.15) is 0 Å². The van der Waals surface area contributed by atoms with Gasteiger partial charge in [0.2, 0.25) is 5.82 Å². The van der Waals surface area contributed by atoms with Crippen LogP contribution < -0.4 is 5.48 Å². The van der Waals surface area contributed by atoms with Crippen molar-refractivity contribution in [2.75, 3.05) is 0 Å². The van der Waals surface area contributed by atoms with Gasteiger partial charge in [0.05, 0.1) is 6.10 Å². The molecule has 1 aromatic rings. The van der Waals surface area contributed by atoms with Gasteiger partial charge < -0.3 is 0 Å². The van der Waals surface area contributed by atoms with E-state index in [0.29, 0.717) is 5.82 Å². The number of carbonyl (C=O) groups excluding carboxylic acids is 1. The van der Waals surface area contributed by atoms with Crippen LogP contribution in [0.25, 0.3) is 0 Å². The SMILES string of the molecule is Cc1nc(C(=O)NOC(C)C)n[nH]1. The third-order valence-electron chi connectivity index (χ3n) is 1.19. The topological polar surface area (TPSA) is 79.9 Å². The number of aryl methyl sites for hydroxylation is 1. The van der Waals surface area contributed by atoms with Gasteiger partial charge in [-0.3, -0.25) is 14.7 Å². The summed E-state index contributed by atoms with van der Waals surface area (Å²) in [5.74, 6) is 0.228. The molecule has 0 aliphatic rings. The Bertz CT molecular complexity index is 294. The van der Waals surface area contributed by atoms with Crippen LogP contribution in [0.15, 0.2) is 0 Å². The van der Waals surface area contributed by atoms with Crippen LogP contribution in [0.4, 0.5) is 0 Å². The van der Waals surface area contributed by atoms with E-state index < -0.39 is 5.91 Å². The van der Waals surface area contributed by atoms with E-state index in [4.69, 9.17) is 4.84 Å². The Kier molecular flexibility index (Phi) is 2.97. The number of aromatic nitrogens is 3. The second kappa shape index (κ2) is 3.99. The maximum Gasteiger partial charge on any atom is 0.314 e. The van der Waals surface area contributed by atoms with Crippen LogP contribution in [-0.4, -0.2) is 27.2 Å². The maximum absolute atomic E-state index is 11.2. The standard InChI is InChI=1S/C7H12N4O2/c1-4(2)13-11-7(12)6-8-5(3)9-10-6/h4H,1-3H3,(H,11,12)(H,8,9,10). The van der Waals surface area contributed by atoms with E-state index in [1.165, 1.54) is 0 Å². The van der Waals surface area contributed by atoms with Crippen molar-refractivity contribution >= 4 is 5.91 Å². The number of hydrogen-bond acceptors (Lipinski definition) is 4. The largest absolute Gasteiger partial charge is 0.314 e. The summed E-state index contributed by atoms with van der Waals surface area (Å²) in [5, 5.41) is 6.23. The van der Waals surface area contributed by atoms with Crippen LogP contribution in [0, 0.1) is 6.92 Å². The molecular weight excluding hydrogens is 172 g/mol. The van der Waals surface area contributed by atoms with Gasteiger partial charge in [0.25, 0.3) is 0 Å². The highest BCUT2D eigenvalue weighted by molar-refractivity contribution is 5.89. The van der Waals surface area contributed by atoms with Crippen molar-refractivity contribution in [1.82, 2.24) is 20.7 Å². The Hall–Kier alpha value is -1.43. The van der Waals surface area contributed by atoms with Crippen LogP contribution in [-0.2, 0) is 4.84 Å². The minimum atomic E-state index is -0.446. The van der Waals surface area contributed by atoms with Gasteiger partial charge in [-0.05, 0) is 20.8 Å². The molecule has 6 nitrogen and oxygen atoms in total. The monoisotopic (exact) mass is 184 g/mol. The van der Waals surface area contributed by atoms with Crippen molar-refractivity contribution in [1.29, 1.82) is 0 Å². The molecule has 0 unspecified atom stereocenters. The van der Waals surface area contributed by atoms with E-state index in [2.05, 4.69) is 20.7 Å². The Morgan fingerprint density at radius 2 is 2.31 bits per heavy atom. The summed E-state index contributed by atoms with van der Waals surface area (Å²) in [4.78, 5) is 19.9. The Morgan fingerprint density at radius 1 is 1.62 bits per heavy atom. The lowest BCUT2D eigenvalue weighted by Gasteiger charge is -2.05. The average molecular weight is 184 g/mol. The molecule has 1 rings (SSSR count). The number of hydroxylamine groups is 1. The Labute approximate surface area is 75.7 Å². The smallest absolute Gasteiger partial charge is 0.271 e. The number of aromatic amines is 1. The minimum Gasteiger partial charge on any atom is -0.271 e. The number of hydrogen-bond donors (Lipinski definition) is 2. The van der Waals surface area contributed by atoms with Gasteiger partial charge in [0.15, 0.2) is 0 Å². The molecular formula is C7H12N4O2. The van der Waals surface area contributed by atoms with E-state index in [-0.39, 0.29) is 11.9 Å². The molecule has 1 aromatic heterocycles. The van der Waals surface area contributed by atoms with E-state index >= 15 is 0 Å². The number of H-pyrrole nitrogens is 1. The molecule has 0 aromatic carbocycles. The van der Waals surface area contributed by atoms with Gasteiger partial charge in [-0.25, -0.2) is 10.5 Å². The molecule has 0 fully saturated rings. The molecule has 13 heavy (non-hydrogen) atoms. The van der Waals surface area contributed by atoms with Crippen molar-refractivity contribution in [3.05, 3.63) is 11.6 Å². The highest BCUT2D eigenvalue weighted by Crippen LogP contribution is 1.91. The Balaban J connectivity index is 2.49. The zero-order chi connectivity index (χ0) is 9.84.